The summed E-state index contributed by atoms with van der Waals surface area (Å²) in [7, 11) is -3.34. The summed E-state index contributed by atoms with van der Waals surface area (Å²) in [4.78, 5) is 0.198. The number of aryl methyl sites for hydroxylation is 1. The molecule has 30 heavy (non-hydrogen) atoms. The van der Waals surface area contributed by atoms with E-state index in [1.54, 1.807) is 44.2 Å². The van der Waals surface area contributed by atoms with Crippen LogP contribution in [-0.4, -0.2) is 20.3 Å². The Morgan fingerprint density at radius 2 is 1.77 bits per heavy atom. The second-order valence-electron chi connectivity index (χ2n) is 7.36. The molecule has 1 aliphatic rings. The molecule has 0 aromatic heterocycles. The normalized spacial score (nSPS) is 19.5. The monoisotopic (exact) mass is 436 g/mol. The van der Waals surface area contributed by atoms with Gasteiger partial charge in [-0.2, -0.15) is 13.2 Å². The average molecular weight is 436 g/mol. The molecular formula is C23H23F3O3S. The van der Waals surface area contributed by atoms with Crippen molar-refractivity contribution < 1.29 is 26.3 Å². The van der Waals surface area contributed by atoms with Crippen molar-refractivity contribution in [2.75, 3.05) is 5.75 Å². The molecular weight excluding hydrogens is 413 g/mol. The van der Waals surface area contributed by atoms with Crippen LogP contribution in [0.1, 0.15) is 30.9 Å². The van der Waals surface area contributed by atoms with E-state index in [0.29, 0.717) is 11.5 Å². The topological polar surface area (TPSA) is 43.4 Å². The van der Waals surface area contributed by atoms with Crippen molar-refractivity contribution in [1.82, 2.24) is 0 Å². The number of allylic oxidation sites excluding steroid dienone is 4. The van der Waals surface area contributed by atoms with Crippen LogP contribution in [0.25, 0.3) is 0 Å². The molecule has 0 aliphatic heterocycles. The molecule has 160 valence electrons. The van der Waals surface area contributed by atoms with Crippen LogP contribution in [0, 0.1) is 12.8 Å². The summed E-state index contributed by atoms with van der Waals surface area (Å²) >= 11 is 0. The highest BCUT2D eigenvalue weighted by Gasteiger charge is 2.35. The highest BCUT2D eigenvalue weighted by Crippen LogP contribution is 2.39. The van der Waals surface area contributed by atoms with Gasteiger partial charge in [0.15, 0.2) is 9.84 Å². The van der Waals surface area contributed by atoms with Crippen LogP contribution < -0.4 is 4.74 Å². The third-order valence-corrected chi connectivity index (χ3v) is 6.93. The van der Waals surface area contributed by atoms with Crippen LogP contribution >= 0.6 is 0 Å². The molecule has 3 nitrogen and oxygen atoms in total. The number of ether oxygens (including phenoxy) is 1. The van der Waals surface area contributed by atoms with Gasteiger partial charge in [0.2, 0.25) is 0 Å². The molecule has 1 aliphatic carbocycles. The van der Waals surface area contributed by atoms with Crippen LogP contribution in [0.15, 0.2) is 71.2 Å². The minimum Gasteiger partial charge on any atom is -0.457 e. The van der Waals surface area contributed by atoms with Crippen molar-refractivity contribution in [1.29, 1.82) is 0 Å². The Kier molecular flexibility index (Phi) is 6.13. The van der Waals surface area contributed by atoms with Gasteiger partial charge in [-0.1, -0.05) is 44.2 Å². The first kappa shape index (κ1) is 22.2. The van der Waals surface area contributed by atoms with Gasteiger partial charge in [-0.15, -0.1) is 0 Å². The maximum absolute atomic E-state index is 12.9. The fourth-order valence-electron chi connectivity index (χ4n) is 3.52. The molecule has 7 heteroatoms. The van der Waals surface area contributed by atoms with Crippen molar-refractivity contribution in [3.05, 3.63) is 77.4 Å². The van der Waals surface area contributed by atoms with Crippen molar-refractivity contribution in [2.24, 2.45) is 5.92 Å². The Hall–Kier alpha value is -2.54. The van der Waals surface area contributed by atoms with Crippen LogP contribution in [0.4, 0.5) is 13.2 Å². The number of hydrogen-bond donors (Lipinski definition) is 0. The average Bonchev–Trinajstić information content (AvgIpc) is 2.68. The molecule has 0 saturated carbocycles. The lowest BCUT2D eigenvalue weighted by molar-refractivity contribution is -0.0889. The summed E-state index contributed by atoms with van der Waals surface area (Å²) in [5, 5.41) is 0. The maximum atomic E-state index is 12.9. The van der Waals surface area contributed by atoms with Crippen LogP contribution in [-0.2, 0) is 9.84 Å². The molecule has 2 aromatic carbocycles. The van der Waals surface area contributed by atoms with Gasteiger partial charge in [0.1, 0.15) is 11.5 Å². The fourth-order valence-corrected chi connectivity index (χ4v) is 4.44. The van der Waals surface area contributed by atoms with Gasteiger partial charge in [0.25, 0.3) is 0 Å². The van der Waals surface area contributed by atoms with Crippen molar-refractivity contribution in [3.63, 3.8) is 0 Å². The van der Waals surface area contributed by atoms with E-state index in [4.69, 9.17) is 4.74 Å². The molecule has 2 atom stereocenters. The number of benzene rings is 2. The predicted molar refractivity (Wildman–Crippen MR) is 111 cm³/mol. The van der Waals surface area contributed by atoms with E-state index >= 15 is 0 Å². The van der Waals surface area contributed by atoms with Gasteiger partial charge in [0.05, 0.1) is 16.2 Å². The third-order valence-electron chi connectivity index (χ3n) is 5.20. The summed E-state index contributed by atoms with van der Waals surface area (Å²) in [6.45, 7) is 5.23. The Morgan fingerprint density at radius 3 is 2.37 bits per heavy atom. The summed E-state index contributed by atoms with van der Waals surface area (Å²) in [6.07, 6.45) is -0.361. The first-order chi connectivity index (χ1) is 14.0. The van der Waals surface area contributed by atoms with E-state index < -0.39 is 21.6 Å². The van der Waals surface area contributed by atoms with E-state index in [2.05, 4.69) is 0 Å². The molecule has 0 spiro atoms. The molecule has 0 amide bonds. The zero-order chi connectivity index (χ0) is 22.1. The summed E-state index contributed by atoms with van der Waals surface area (Å²) < 4.78 is 68.7. The lowest BCUT2D eigenvalue weighted by Crippen LogP contribution is -2.17. The first-order valence-corrected chi connectivity index (χ1v) is 11.2. The zero-order valence-electron chi connectivity index (χ0n) is 16.9. The largest absolute Gasteiger partial charge is 0.457 e. The number of sulfone groups is 1. The van der Waals surface area contributed by atoms with Crippen molar-refractivity contribution in [3.8, 4) is 11.5 Å². The van der Waals surface area contributed by atoms with E-state index in [0.717, 1.165) is 17.2 Å². The number of hydrogen-bond acceptors (Lipinski definition) is 3. The van der Waals surface area contributed by atoms with Gasteiger partial charge in [-0.05, 0) is 54.3 Å². The van der Waals surface area contributed by atoms with Crippen LogP contribution in [0.3, 0.4) is 0 Å². The van der Waals surface area contributed by atoms with Crippen LogP contribution in [0.2, 0.25) is 0 Å². The second kappa shape index (κ2) is 8.30. The quantitative estimate of drug-likeness (QED) is 0.548. The van der Waals surface area contributed by atoms with Gasteiger partial charge in [0, 0.05) is 5.92 Å². The van der Waals surface area contributed by atoms with Crippen molar-refractivity contribution in [2.45, 2.75) is 37.8 Å². The predicted octanol–water partition coefficient (Wildman–Crippen LogP) is 6.36. The Balaban J connectivity index is 1.81. The van der Waals surface area contributed by atoms with E-state index in [1.165, 1.54) is 18.2 Å². The van der Waals surface area contributed by atoms with Gasteiger partial charge in [-0.25, -0.2) is 8.42 Å². The molecule has 3 rings (SSSR count). The zero-order valence-corrected chi connectivity index (χ0v) is 17.7. The van der Waals surface area contributed by atoms with E-state index in [9.17, 15) is 21.6 Å². The highest BCUT2D eigenvalue weighted by atomic mass is 32.2. The third kappa shape index (κ3) is 4.78. The Morgan fingerprint density at radius 1 is 1.07 bits per heavy atom. The smallest absolute Gasteiger partial charge is 0.416 e. The number of alkyl halides is 3. The summed E-state index contributed by atoms with van der Waals surface area (Å²) in [6, 6.07) is 11.7. The molecule has 0 bridgehead atoms. The second-order valence-corrected chi connectivity index (χ2v) is 9.64. The summed E-state index contributed by atoms with van der Waals surface area (Å²) in [5.74, 6) is 0.472. The molecule has 2 unspecified atom stereocenters. The molecule has 0 N–H and O–H groups in total. The van der Waals surface area contributed by atoms with E-state index in [-0.39, 0.29) is 22.5 Å². The number of rotatable bonds is 5. The highest BCUT2D eigenvalue weighted by molar-refractivity contribution is 7.91. The van der Waals surface area contributed by atoms with Crippen molar-refractivity contribution >= 4 is 9.84 Å². The van der Waals surface area contributed by atoms with Gasteiger partial charge < -0.3 is 4.74 Å². The molecule has 0 radical (unpaired) electrons. The number of halogens is 3. The fraction of sp³-hybridized carbons (Fsp3) is 0.304. The van der Waals surface area contributed by atoms with Gasteiger partial charge in [-0.3, -0.25) is 0 Å². The molecule has 2 aromatic rings. The lowest BCUT2D eigenvalue weighted by Gasteiger charge is -2.26. The SMILES string of the molecule is CCS(=O)(=O)c1cccc(Oc2ccc(C3C=CC(C(F)(F)F)=CC3C)c(C)c2)c1. The molecule has 0 fully saturated rings. The Bertz CT molecular complexity index is 1100. The molecule has 0 heterocycles. The summed E-state index contributed by atoms with van der Waals surface area (Å²) in [5.41, 5.74) is 1.19. The lowest BCUT2D eigenvalue weighted by atomic mass is 9.80. The first-order valence-electron chi connectivity index (χ1n) is 9.59. The maximum Gasteiger partial charge on any atom is 0.416 e. The molecule has 0 saturated heterocycles. The minimum absolute atomic E-state index is 0.00183. The van der Waals surface area contributed by atoms with Gasteiger partial charge >= 0.3 is 6.18 Å². The van der Waals surface area contributed by atoms with E-state index in [1.807, 2.05) is 13.0 Å². The van der Waals surface area contributed by atoms with Crippen LogP contribution in [0.5, 0.6) is 11.5 Å². The standard InChI is InChI=1S/C23H23F3O3S/c1-4-30(27,28)20-7-5-6-18(14-20)29-19-9-11-22(16(3)13-19)21-10-8-17(12-15(21)2)23(24,25)26/h5-15,21H,4H2,1-3H3. The minimum atomic E-state index is -4.34. The Labute approximate surface area is 174 Å².